The highest BCUT2D eigenvalue weighted by atomic mass is 35.5. The number of quaternary nitrogens is 1. The van der Waals surface area contributed by atoms with Gasteiger partial charge in [-0.25, -0.2) is 4.79 Å². The second-order valence-electron chi connectivity index (χ2n) is 3.01. The molecule has 1 aromatic rings. The van der Waals surface area contributed by atoms with Crippen molar-refractivity contribution in [3.63, 3.8) is 0 Å². The number of carboxylic acids is 1. The highest BCUT2D eigenvalue weighted by Gasteiger charge is 2.13. The van der Waals surface area contributed by atoms with Crippen molar-refractivity contribution in [1.82, 2.24) is 6.15 Å². The molecule has 5 heteroatoms. The first-order valence-corrected chi connectivity index (χ1v) is 4.54. The maximum absolute atomic E-state index is 10.5. The first-order valence-electron chi connectivity index (χ1n) is 4.16. The van der Waals surface area contributed by atoms with Gasteiger partial charge in [-0.3, -0.25) is 0 Å². The molecule has 0 aliphatic carbocycles. The van der Waals surface area contributed by atoms with Gasteiger partial charge in [-0.15, -0.1) is 0 Å². The summed E-state index contributed by atoms with van der Waals surface area (Å²) in [6.07, 6.45) is -0.852. The Balaban J connectivity index is 0.00000196. The van der Waals surface area contributed by atoms with E-state index in [0.717, 1.165) is 5.56 Å². The molecule has 0 saturated heterocycles. The van der Waals surface area contributed by atoms with Crippen LogP contribution in [0, 0.1) is 6.92 Å². The Labute approximate surface area is 93.4 Å². The van der Waals surface area contributed by atoms with Gasteiger partial charge in [0.05, 0.1) is 0 Å². The minimum atomic E-state index is -0.987. The predicted octanol–water partition coefficient (Wildman–Crippen LogP) is 2.88. The summed E-state index contributed by atoms with van der Waals surface area (Å²) in [5.74, 6) is -0.441. The highest BCUT2D eigenvalue weighted by Crippen LogP contribution is 2.22. The smallest absolute Gasteiger partial charge is 0.344 e. The van der Waals surface area contributed by atoms with Crippen LogP contribution >= 0.6 is 11.6 Å². The van der Waals surface area contributed by atoms with Gasteiger partial charge in [0.25, 0.3) is 0 Å². The Kier molecular flexibility index (Phi) is 5.11. The second kappa shape index (κ2) is 5.58. The number of benzene rings is 1. The Morgan fingerprint density at radius 2 is 2.13 bits per heavy atom. The molecular weight excluding hydrogens is 218 g/mol. The fourth-order valence-corrected chi connectivity index (χ4v) is 1.21. The van der Waals surface area contributed by atoms with E-state index >= 15 is 0 Å². The summed E-state index contributed by atoms with van der Waals surface area (Å²) in [6.45, 7) is 3.30. The Morgan fingerprint density at radius 1 is 1.53 bits per heavy atom. The minimum Gasteiger partial charge on any atom is -0.479 e. The molecule has 0 heterocycles. The summed E-state index contributed by atoms with van der Waals surface area (Å²) < 4.78 is 5.20. The van der Waals surface area contributed by atoms with Crippen LogP contribution in [-0.4, -0.2) is 17.2 Å². The summed E-state index contributed by atoms with van der Waals surface area (Å²) >= 11 is 5.74. The summed E-state index contributed by atoms with van der Waals surface area (Å²) in [7, 11) is 0. The molecule has 0 radical (unpaired) electrons. The molecule has 5 N–H and O–H groups in total. The van der Waals surface area contributed by atoms with E-state index in [1.807, 2.05) is 6.92 Å². The number of ether oxygens (including phenoxy) is 1. The molecule has 0 aliphatic heterocycles. The number of hydrogen-bond donors (Lipinski definition) is 2. The zero-order chi connectivity index (χ0) is 10.7. The van der Waals surface area contributed by atoms with Crippen molar-refractivity contribution in [2.24, 2.45) is 0 Å². The molecule has 0 fully saturated rings. The lowest BCUT2D eigenvalue weighted by atomic mass is 10.2. The zero-order valence-corrected chi connectivity index (χ0v) is 9.71. The molecule has 0 spiro atoms. The van der Waals surface area contributed by atoms with E-state index < -0.39 is 12.1 Å². The third kappa shape index (κ3) is 3.77. The van der Waals surface area contributed by atoms with E-state index in [1.165, 1.54) is 6.92 Å². The molecule has 15 heavy (non-hydrogen) atoms. The van der Waals surface area contributed by atoms with Gasteiger partial charge in [0.15, 0.2) is 6.10 Å². The summed E-state index contributed by atoms with van der Waals surface area (Å²) in [5, 5.41) is 9.25. The summed E-state index contributed by atoms with van der Waals surface area (Å²) in [4.78, 5) is 10.5. The molecule has 0 amide bonds. The lowest BCUT2D eigenvalue weighted by molar-refractivity contribution is -0.144. The van der Waals surface area contributed by atoms with Gasteiger partial charge in [-0.05, 0) is 37.6 Å². The van der Waals surface area contributed by atoms with Crippen molar-refractivity contribution in [3.05, 3.63) is 28.8 Å². The molecule has 1 rings (SSSR count). The van der Waals surface area contributed by atoms with Gasteiger partial charge in [0.1, 0.15) is 5.75 Å². The average Bonchev–Trinajstić information content (AvgIpc) is 2.09. The zero-order valence-electron chi connectivity index (χ0n) is 8.95. The molecule has 1 aromatic carbocycles. The van der Waals surface area contributed by atoms with Gasteiger partial charge in [0.2, 0.25) is 0 Å². The highest BCUT2D eigenvalue weighted by molar-refractivity contribution is 6.30. The van der Waals surface area contributed by atoms with Crippen molar-refractivity contribution in [3.8, 4) is 5.75 Å². The lowest BCUT2D eigenvalue weighted by Crippen LogP contribution is -2.23. The minimum absolute atomic E-state index is 0. The van der Waals surface area contributed by atoms with Crippen LogP contribution in [0.15, 0.2) is 18.2 Å². The third-order valence-electron chi connectivity index (χ3n) is 1.79. The SMILES string of the molecule is Cc1cc(Cl)ccc1O[C@@H](C)C(=O)O.[NH4+]. The quantitative estimate of drug-likeness (QED) is 0.841. The molecular formula is C10H15ClNO3+. The van der Waals surface area contributed by atoms with Crippen LogP contribution in [-0.2, 0) is 4.79 Å². The van der Waals surface area contributed by atoms with Crippen molar-refractivity contribution in [2.45, 2.75) is 20.0 Å². The average molecular weight is 233 g/mol. The summed E-state index contributed by atoms with van der Waals surface area (Å²) in [6, 6.07) is 5.06. The Hall–Kier alpha value is -1.26. The van der Waals surface area contributed by atoms with Crippen LogP contribution in [0.2, 0.25) is 5.02 Å². The third-order valence-corrected chi connectivity index (χ3v) is 2.02. The van der Waals surface area contributed by atoms with Gasteiger partial charge < -0.3 is 16.0 Å². The number of hydrogen-bond acceptors (Lipinski definition) is 2. The molecule has 1 atom stereocenters. The maximum Gasteiger partial charge on any atom is 0.344 e. The monoisotopic (exact) mass is 232 g/mol. The first kappa shape index (κ1) is 13.7. The Bertz CT molecular complexity index is 355. The van der Waals surface area contributed by atoms with E-state index in [2.05, 4.69) is 0 Å². The van der Waals surface area contributed by atoms with Crippen LogP contribution in [0.1, 0.15) is 12.5 Å². The van der Waals surface area contributed by atoms with Gasteiger partial charge in [-0.2, -0.15) is 0 Å². The van der Waals surface area contributed by atoms with Crippen molar-refractivity contribution in [2.75, 3.05) is 0 Å². The van der Waals surface area contributed by atoms with Gasteiger partial charge in [0, 0.05) is 5.02 Å². The van der Waals surface area contributed by atoms with Crippen LogP contribution in [0.3, 0.4) is 0 Å². The molecule has 0 saturated carbocycles. The number of aliphatic carboxylic acids is 1. The van der Waals surface area contributed by atoms with Gasteiger partial charge in [-0.1, -0.05) is 11.6 Å². The summed E-state index contributed by atoms with van der Waals surface area (Å²) in [5.41, 5.74) is 0.825. The molecule has 0 aromatic heterocycles. The Morgan fingerprint density at radius 3 is 2.60 bits per heavy atom. The molecule has 0 unspecified atom stereocenters. The number of carbonyl (C=O) groups is 1. The fraction of sp³-hybridized carbons (Fsp3) is 0.300. The van der Waals surface area contributed by atoms with Crippen LogP contribution in [0.25, 0.3) is 0 Å². The van der Waals surface area contributed by atoms with E-state index in [1.54, 1.807) is 18.2 Å². The molecule has 0 bridgehead atoms. The topological polar surface area (TPSA) is 83.0 Å². The van der Waals surface area contributed by atoms with Crippen molar-refractivity contribution in [1.29, 1.82) is 0 Å². The first-order chi connectivity index (χ1) is 6.50. The molecule has 4 nitrogen and oxygen atoms in total. The standard InChI is InChI=1S/C10H11ClO3.H3N/c1-6-5-8(11)3-4-9(6)14-7(2)10(12)13;/h3-5,7H,1-2H3,(H,12,13);1H3/p+1/t7-;/m0./s1. The number of halogens is 1. The number of aryl methyl sites for hydroxylation is 1. The van der Waals surface area contributed by atoms with Crippen LogP contribution < -0.4 is 10.9 Å². The van der Waals surface area contributed by atoms with Crippen molar-refractivity contribution < 1.29 is 14.6 Å². The number of carboxylic acid groups (broad SMARTS) is 1. The van der Waals surface area contributed by atoms with E-state index in [-0.39, 0.29) is 6.15 Å². The maximum atomic E-state index is 10.5. The second-order valence-corrected chi connectivity index (χ2v) is 3.44. The molecule has 84 valence electrons. The van der Waals surface area contributed by atoms with Gasteiger partial charge >= 0.3 is 5.97 Å². The van der Waals surface area contributed by atoms with E-state index in [9.17, 15) is 4.79 Å². The van der Waals surface area contributed by atoms with E-state index in [0.29, 0.717) is 10.8 Å². The largest absolute Gasteiger partial charge is 0.479 e. The predicted molar refractivity (Wildman–Crippen MR) is 59.9 cm³/mol. The number of rotatable bonds is 3. The van der Waals surface area contributed by atoms with Crippen molar-refractivity contribution >= 4 is 17.6 Å². The van der Waals surface area contributed by atoms with Crippen LogP contribution in [0.4, 0.5) is 0 Å². The fourth-order valence-electron chi connectivity index (χ4n) is 0.986. The lowest BCUT2D eigenvalue weighted by Gasteiger charge is -2.12. The normalized spacial score (nSPS) is 11.4. The van der Waals surface area contributed by atoms with Crippen LogP contribution in [0.5, 0.6) is 5.75 Å². The van der Waals surface area contributed by atoms with E-state index in [4.69, 9.17) is 21.4 Å². The molecule has 0 aliphatic rings.